The highest BCUT2D eigenvalue weighted by Crippen LogP contribution is 2.34. The molecular formula is C29H20F6. The summed E-state index contributed by atoms with van der Waals surface area (Å²) < 4.78 is 80.7. The highest BCUT2D eigenvalue weighted by Gasteiger charge is 2.37. The molecule has 6 heteroatoms. The lowest BCUT2D eigenvalue weighted by molar-refractivity contribution is -0.142. The molecule has 0 heterocycles. The molecule has 178 valence electrons. The summed E-state index contributed by atoms with van der Waals surface area (Å²) in [6, 6.07) is 17.9. The van der Waals surface area contributed by atoms with Crippen molar-refractivity contribution in [2.45, 2.75) is 32.4 Å². The second-order valence-corrected chi connectivity index (χ2v) is 8.22. The molecule has 35 heavy (non-hydrogen) atoms. The molecule has 4 rings (SSSR count). The van der Waals surface area contributed by atoms with E-state index >= 15 is 4.39 Å². The van der Waals surface area contributed by atoms with E-state index in [0.29, 0.717) is 22.9 Å². The molecule has 4 aromatic rings. The Morgan fingerprint density at radius 3 is 1.91 bits per heavy atom. The second kappa shape index (κ2) is 9.87. The van der Waals surface area contributed by atoms with Crippen LogP contribution in [-0.2, 0) is 25.4 Å². The zero-order valence-corrected chi connectivity index (χ0v) is 18.7. The van der Waals surface area contributed by atoms with Crippen LogP contribution < -0.4 is 0 Å². The fraction of sp³-hybridized carbons (Fsp3) is 0.172. The molecule has 0 saturated heterocycles. The summed E-state index contributed by atoms with van der Waals surface area (Å²) in [5, 5.41) is 1.01. The summed E-state index contributed by atoms with van der Waals surface area (Å²) in [6.45, 7) is 2.11. The number of hydrogen-bond acceptors (Lipinski definition) is 0. The van der Waals surface area contributed by atoms with Crippen LogP contribution in [0.5, 0.6) is 0 Å². The van der Waals surface area contributed by atoms with Crippen LogP contribution in [-0.4, -0.2) is 0 Å². The highest BCUT2D eigenvalue weighted by atomic mass is 19.4. The lowest BCUT2D eigenvalue weighted by Gasteiger charge is -2.09. The van der Waals surface area contributed by atoms with Crippen molar-refractivity contribution in [1.29, 1.82) is 0 Å². The maximum absolute atomic E-state index is 15.0. The lowest BCUT2D eigenvalue weighted by Crippen LogP contribution is -2.11. The van der Waals surface area contributed by atoms with Crippen molar-refractivity contribution in [2.24, 2.45) is 0 Å². The quantitative estimate of drug-likeness (QED) is 0.204. The summed E-state index contributed by atoms with van der Waals surface area (Å²) >= 11 is 0. The van der Waals surface area contributed by atoms with Crippen LogP contribution in [0, 0.1) is 29.3 Å². The Balaban J connectivity index is 1.55. The summed E-state index contributed by atoms with van der Waals surface area (Å²) in [6.07, 6.45) is -2.54. The minimum atomic E-state index is -5.16. The van der Waals surface area contributed by atoms with Crippen LogP contribution >= 0.6 is 0 Å². The van der Waals surface area contributed by atoms with Crippen molar-refractivity contribution < 1.29 is 26.3 Å². The highest BCUT2D eigenvalue weighted by molar-refractivity contribution is 5.85. The molecule has 4 aromatic carbocycles. The normalized spacial score (nSPS) is 11.4. The van der Waals surface area contributed by atoms with Gasteiger partial charge in [0.1, 0.15) is 23.0 Å². The van der Waals surface area contributed by atoms with Gasteiger partial charge >= 0.3 is 6.18 Å². The van der Waals surface area contributed by atoms with Crippen LogP contribution in [0.4, 0.5) is 26.3 Å². The van der Waals surface area contributed by atoms with Crippen molar-refractivity contribution in [3.8, 4) is 11.8 Å². The summed E-state index contributed by atoms with van der Waals surface area (Å²) in [5.74, 6) is 0.668. The largest absolute Gasteiger partial charge is 0.422 e. The fourth-order valence-corrected chi connectivity index (χ4v) is 3.88. The van der Waals surface area contributed by atoms with Gasteiger partial charge in [0.15, 0.2) is 0 Å². The molecule has 0 atom stereocenters. The van der Waals surface area contributed by atoms with Gasteiger partial charge in [-0.3, -0.25) is 0 Å². The van der Waals surface area contributed by atoms with Gasteiger partial charge < -0.3 is 0 Å². The second-order valence-electron chi connectivity index (χ2n) is 8.22. The van der Waals surface area contributed by atoms with Gasteiger partial charge in [-0.05, 0) is 59.5 Å². The average molecular weight is 482 g/mol. The zero-order chi connectivity index (χ0) is 25.2. The van der Waals surface area contributed by atoms with Crippen molar-refractivity contribution in [2.75, 3.05) is 0 Å². The van der Waals surface area contributed by atoms with Gasteiger partial charge in [0, 0.05) is 10.9 Å². The molecule has 0 N–H and O–H groups in total. The smallest absolute Gasteiger partial charge is 0.206 e. The number of benzene rings is 4. The summed E-state index contributed by atoms with van der Waals surface area (Å²) in [4.78, 5) is 0. The van der Waals surface area contributed by atoms with E-state index in [1.54, 1.807) is 12.1 Å². The van der Waals surface area contributed by atoms with E-state index in [1.807, 2.05) is 12.1 Å². The predicted molar refractivity (Wildman–Crippen MR) is 124 cm³/mol. The van der Waals surface area contributed by atoms with Gasteiger partial charge in [-0.15, -0.1) is 0 Å². The molecule has 0 nitrogen and oxygen atoms in total. The van der Waals surface area contributed by atoms with E-state index in [2.05, 4.69) is 43.0 Å². The third-order valence-electron chi connectivity index (χ3n) is 5.82. The Bertz CT molecular complexity index is 1410. The van der Waals surface area contributed by atoms with Gasteiger partial charge in [0.25, 0.3) is 0 Å². The van der Waals surface area contributed by atoms with Gasteiger partial charge in [-0.2, -0.15) is 13.2 Å². The Labute approximate surface area is 199 Å². The maximum Gasteiger partial charge on any atom is 0.422 e. The number of alkyl halides is 3. The lowest BCUT2D eigenvalue weighted by atomic mass is 9.99. The van der Waals surface area contributed by atoms with E-state index in [1.165, 1.54) is 17.2 Å². The van der Waals surface area contributed by atoms with E-state index in [4.69, 9.17) is 0 Å². The van der Waals surface area contributed by atoms with Gasteiger partial charge in [0.2, 0.25) is 0 Å². The topological polar surface area (TPSA) is 0 Å². The summed E-state index contributed by atoms with van der Waals surface area (Å²) in [5.41, 5.74) is 1.22. The van der Waals surface area contributed by atoms with E-state index < -0.39 is 29.2 Å². The molecule has 0 saturated carbocycles. The number of rotatable bonds is 4. The van der Waals surface area contributed by atoms with Gasteiger partial charge in [0.05, 0.1) is 5.56 Å². The van der Waals surface area contributed by atoms with Crippen LogP contribution in [0.15, 0.2) is 66.7 Å². The summed E-state index contributed by atoms with van der Waals surface area (Å²) in [7, 11) is 0. The molecule has 0 radical (unpaired) electrons. The zero-order valence-electron chi connectivity index (χ0n) is 18.7. The Kier molecular flexibility index (Phi) is 6.88. The molecule has 0 amide bonds. The maximum atomic E-state index is 15.0. The predicted octanol–water partition coefficient (Wildman–Crippen LogP) is 8.02. The number of hydrogen-bond donors (Lipinski definition) is 0. The minimum absolute atomic E-state index is 0.0259. The first-order chi connectivity index (χ1) is 16.7. The molecule has 0 unspecified atom stereocenters. The molecule has 0 bridgehead atoms. The van der Waals surface area contributed by atoms with Crippen LogP contribution in [0.1, 0.15) is 40.3 Å². The molecule has 0 aliphatic rings. The fourth-order valence-electron chi connectivity index (χ4n) is 3.88. The Morgan fingerprint density at radius 2 is 1.29 bits per heavy atom. The molecule has 0 fully saturated rings. The Morgan fingerprint density at radius 1 is 0.686 bits per heavy atom. The molecule has 0 aliphatic heterocycles. The third-order valence-corrected chi connectivity index (χ3v) is 5.82. The van der Waals surface area contributed by atoms with E-state index in [0.717, 1.165) is 24.8 Å². The number of halogens is 6. The monoisotopic (exact) mass is 482 g/mol. The molecule has 0 aromatic heterocycles. The van der Waals surface area contributed by atoms with Gasteiger partial charge in [-0.1, -0.05) is 67.3 Å². The molecule has 0 spiro atoms. The number of fused-ring (bicyclic) bond motifs is 1. The molecular weight excluding hydrogens is 462 g/mol. The SMILES string of the molecule is CCc1ccc(CCc2ccc3c(F)c(C#Cc4cc(F)c(C(F)(F)F)c(F)c4)ccc3c2)cc1. The first-order valence-corrected chi connectivity index (χ1v) is 11.0. The average Bonchev–Trinajstić information content (AvgIpc) is 2.81. The first-order valence-electron chi connectivity index (χ1n) is 11.0. The van der Waals surface area contributed by atoms with E-state index in [9.17, 15) is 22.0 Å². The third kappa shape index (κ3) is 5.51. The van der Waals surface area contributed by atoms with Crippen LogP contribution in [0.25, 0.3) is 10.8 Å². The number of aryl methyl sites for hydroxylation is 3. The minimum Gasteiger partial charge on any atom is -0.206 e. The Hall–Kier alpha value is -3.72. The molecule has 0 aliphatic carbocycles. The van der Waals surface area contributed by atoms with Gasteiger partial charge in [-0.25, -0.2) is 13.2 Å². The van der Waals surface area contributed by atoms with Crippen molar-refractivity contribution in [3.63, 3.8) is 0 Å². The van der Waals surface area contributed by atoms with E-state index in [-0.39, 0.29) is 11.1 Å². The standard InChI is InChI=1S/C29H20F6/c1-2-18-3-5-19(6-4-18)7-8-20-10-14-24-23(15-20)13-12-22(28(24)32)11-9-21-16-25(30)27(26(31)17-21)29(33,34)35/h3-6,10,12-17H,2,7-8H2,1H3. The van der Waals surface area contributed by atoms with Crippen LogP contribution in [0.3, 0.4) is 0 Å². The first kappa shape index (κ1) is 24.4. The van der Waals surface area contributed by atoms with Crippen molar-refractivity contribution in [1.82, 2.24) is 0 Å². The van der Waals surface area contributed by atoms with Crippen molar-refractivity contribution >= 4 is 10.8 Å². The van der Waals surface area contributed by atoms with Crippen LogP contribution in [0.2, 0.25) is 0 Å². The van der Waals surface area contributed by atoms with Crippen molar-refractivity contribution in [3.05, 3.63) is 118 Å².